The molecule has 0 N–H and O–H groups in total. The van der Waals surface area contributed by atoms with Crippen LogP contribution in [0.25, 0.3) is 5.69 Å². The van der Waals surface area contributed by atoms with Crippen molar-refractivity contribution in [3.63, 3.8) is 0 Å². The molecule has 2 aromatic rings. The van der Waals surface area contributed by atoms with Gasteiger partial charge in [0, 0.05) is 6.92 Å². The van der Waals surface area contributed by atoms with Gasteiger partial charge in [-0.3, -0.25) is 4.79 Å². The highest BCUT2D eigenvalue weighted by atomic mass is 35.5. The first-order valence-corrected chi connectivity index (χ1v) is 5.30. The van der Waals surface area contributed by atoms with Gasteiger partial charge < -0.3 is 0 Å². The molecule has 1 heterocycles. The highest BCUT2D eigenvalue weighted by molar-refractivity contribution is 6.32. The summed E-state index contributed by atoms with van der Waals surface area (Å²) in [7, 11) is 0. The van der Waals surface area contributed by atoms with Gasteiger partial charge in [-0.1, -0.05) is 23.7 Å². The third kappa shape index (κ3) is 1.86. The maximum absolute atomic E-state index is 11.5. The van der Waals surface area contributed by atoms with Crippen molar-refractivity contribution >= 4 is 17.4 Å². The van der Waals surface area contributed by atoms with Gasteiger partial charge in [0.15, 0.2) is 5.78 Å². The van der Waals surface area contributed by atoms with Crippen molar-refractivity contribution < 1.29 is 4.79 Å². The Morgan fingerprint density at radius 3 is 2.69 bits per heavy atom. The van der Waals surface area contributed by atoms with Crippen LogP contribution in [0, 0.1) is 6.92 Å². The van der Waals surface area contributed by atoms with Crippen LogP contribution < -0.4 is 0 Å². The lowest BCUT2D eigenvalue weighted by atomic mass is 10.2. The summed E-state index contributed by atoms with van der Waals surface area (Å²) in [6.45, 7) is 3.36. The van der Waals surface area contributed by atoms with Gasteiger partial charge in [-0.25, -0.2) is 4.68 Å². The van der Waals surface area contributed by atoms with E-state index in [4.69, 9.17) is 11.6 Å². The van der Waals surface area contributed by atoms with E-state index >= 15 is 0 Å². The lowest BCUT2D eigenvalue weighted by Crippen LogP contribution is -2.06. The monoisotopic (exact) mass is 234 g/mol. The molecule has 0 spiro atoms. The van der Waals surface area contributed by atoms with Crippen LogP contribution in [0.5, 0.6) is 0 Å². The zero-order valence-electron chi connectivity index (χ0n) is 9.07. The summed E-state index contributed by atoms with van der Waals surface area (Å²) in [5.74, 6) is -0.0273. The minimum atomic E-state index is -0.0273. The minimum absolute atomic E-state index is 0.0273. The van der Waals surface area contributed by atoms with Crippen LogP contribution in [-0.4, -0.2) is 15.6 Å². The van der Waals surface area contributed by atoms with Gasteiger partial charge in [0.1, 0.15) is 5.69 Å². The molecule has 0 aliphatic heterocycles. The summed E-state index contributed by atoms with van der Waals surface area (Å²) in [4.78, 5) is 11.5. The van der Waals surface area contributed by atoms with Crippen molar-refractivity contribution in [2.45, 2.75) is 13.8 Å². The Hall–Kier alpha value is -1.61. The summed E-state index contributed by atoms with van der Waals surface area (Å²) >= 11 is 6.07. The van der Waals surface area contributed by atoms with Crippen LogP contribution in [-0.2, 0) is 0 Å². The van der Waals surface area contributed by atoms with Crippen molar-refractivity contribution in [1.82, 2.24) is 9.78 Å². The first-order chi connectivity index (χ1) is 7.59. The number of hydrogen-bond acceptors (Lipinski definition) is 2. The van der Waals surface area contributed by atoms with Crippen LogP contribution in [0.4, 0.5) is 0 Å². The Kier molecular flexibility index (Phi) is 2.79. The van der Waals surface area contributed by atoms with Crippen molar-refractivity contribution in [2.24, 2.45) is 0 Å². The van der Waals surface area contributed by atoms with E-state index in [9.17, 15) is 4.79 Å². The second kappa shape index (κ2) is 4.10. The van der Waals surface area contributed by atoms with Crippen LogP contribution >= 0.6 is 11.6 Å². The van der Waals surface area contributed by atoms with E-state index in [1.54, 1.807) is 16.8 Å². The molecule has 82 valence electrons. The van der Waals surface area contributed by atoms with Crippen molar-refractivity contribution in [3.05, 3.63) is 46.7 Å². The number of benzene rings is 1. The quantitative estimate of drug-likeness (QED) is 0.749. The third-order valence-corrected chi connectivity index (χ3v) is 2.59. The summed E-state index contributed by atoms with van der Waals surface area (Å²) < 4.78 is 1.58. The number of aromatic nitrogens is 2. The largest absolute Gasteiger partial charge is 0.293 e. The second-order valence-corrected chi connectivity index (χ2v) is 4.00. The Labute approximate surface area is 98.7 Å². The number of carbonyl (C=O) groups excluding carboxylic acids is 1. The van der Waals surface area contributed by atoms with E-state index in [1.807, 2.05) is 25.1 Å². The SMILES string of the molecule is CC(=O)c1cc(C)nn1-c1ccccc1Cl. The Balaban J connectivity index is 2.64. The molecule has 2 rings (SSSR count). The summed E-state index contributed by atoms with van der Waals surface area (Å²) in [5.41, 5.74) is 2.07. The standard InChI is InChI=1S/C12H11ClN2O/c1-8-7-12(9(2)16)15(14-8)11-6-4-3-5-10(11)13/h3-7H,1-2H3. The number of aryl methyl sites for hydroxylation is 1. The Morgan fingerprint density at radius 1 is 1.38 bits per heavy atom. The number of halogens is 1. The lowest BCUT2D eigenvalue weighted by molar-refractivity contribution is 0.101. The van der Waals surface area contributed by atoms with E-state index in [2.05, 4.69) is 5.10 Å². The van der Waals surface area contributed by atoms with Crippen molar-refractivity contribution in [3.8, 4) is 5.69 Å². The molecule has 0 radical (unpaired) electrons. The Morgan fingerprint density at radius 2 is 2.06 bits per heavy atom. The van der Waals surface area contributed by atoms with Crippen LogP contribution in [0.3, 0.4) is 0 Å². The van der Waals surface area contributed by atoms with Crippen molar-refractivity contribution in [1.29, 1.82) is 0 Å². The van der Waals surface area contributed by atoms with E-state index < -0.39 is 0 Å². The molecule has 0 unspecified atom stereocenters. The molecule has 1 aromatic heterocycles. The molecule has 4 heteroatoms. The number of hydrogen-bond donors (Lipinski definition) is 0. The molecule has 0 fully saturated rings. The van der Waals surface area contributed by atoms with Crippen molar-refractivity contribution in [2.75, 3.05) is 0 Å². The molecule has 16 heavy (non-hydrogen) atoms. The maximum Gasteiger partial charge on any atom is 0.178 e. The van der Waals surface area contributed by atoms with Crippen LogP contribution in [0.1, 0.15) is 23.1 Å². The molecule has 0 bridgehead atoms. The van der Waals surface area contributed by atoms with Gasteiger partial charge in [0.05, 0.1) is 16.4 Å². The molecule has 0 atom stereocenters. The molecule has 0 aliphatic carbocycles. The zero-order chi connectivity index (χ0) is 11.7. The Bertz CT molecular complexity index is 546. The maximum atomic E-state index is 11.5. The number of Topliss-reactive ketones (excluding diaryl/α,β-unsaturated/α-hetero) is 1. The molecule has 0 saturated heterocycles. The second-order valence-electron chi connectivity index (χ2n) is 3.59. The fraction of sp³-hybridized carbons (Fsp3) is 0.167. The smallest absolute Gasteiger partial charge is 0.178 e. The molecule has 0 amide bonds. The van der Waals surface area contributed by atoms with Gasteiger partial charge in [0.25, 0.3) is 0 Å². The number of rotatable bonds is 2. The minimum Gasteiger partial charge on any atom is -0.293 e. The number of para-hydroxylation sites is 1. The highest BCUT2D eigenvalue weighted by Gasteiger charge is 2.13. The summed E-state index contributed by atoms with van der Waals surface area (Å²) in [6.07, 6.45) is 0. The lowest BCUT2D eigenvalue weighted by Gasteiger charge is -2.06. The molecule has 0 saturated carbocycles. The van der Waals surface area contributed by atoms with Gasteiger partial charge in [-0.15, -0.1) is 0 Å². The number of nitrogens with zero attached hydrogens (tertiary/aromatic N) is 2. The highest BCUT2D eigenvalue weighted by Crippen LogP contribution is 2.21. The van der Waals surface area contributed by atoms with E-state index in [1.165, 1.54) is 6.92 Å². The summed E-state index contributed by atoms with van der Waals surface area (Å²) in [5, 5.41) is 4.85. The molecular weight excluding hydrogens is 224 g/mol. The molecule has 1 aromatic carbocycles. The predicted octanol–water partition coefficient (Wildman–Crippen LogP) is 3.04. The summed E-state index contributed by atoms with van der Waals surface area (Å²) in [6, 6.07) is 9.07. The first kappa shape index (κ1) is 10.9. The predicted molar refractivity (Wildman–Crippen MR) is 63.3 cm³/mol. The van der Waals surface area contributed by atoms with E-state index in [0.29, 0.717) is 10.7 Å². The third-order valence-electron chi connectivity index (χ3n) is 2.27. The van der Waals surface area contributed by atoms with Gasteiger partial charge in [0.2, 0.25) is 0 Å². The molecule has 3 nitrogen and oxygen atoms in total. The van der Waals surface area contributed by atoms with Crippen LogP contribution in [0.2, 0.25) is 5.02 Å². The number of carbonyl (C=O) groups is 1. The fourth-order valence-corrected chi connectivity index (χ4v) is 1.77. The number of ketones is 1. The van der Waals surface area contributed by atoms with E-state index in [-0.39, 0.29) is 5.78 Å². The fourth-order valence-electron chi connectivity index (χ4n) is 1.56. The van der Waals surface area contributed by atoms with Crippen LogP contribution in [0.15, 0.2) is 30.3 Å². The topological polar surface area (TPSA) is 34.9 Å². The van der Waals surface area contributed by atoms with Gasteiger partial charge in [-0.05, 0) is 25.1 Å². The van der Waals surface area contributed by atoms with Gasteiger partial charge in [-0.2, -0.15) is 5.10 Å². The zero-order valence-corrected chi connectivity index (χ0v) is 9.82. The average Bonchev–Trinajstić information content (AvgIpc) is 2.61. The average molecular weight is 235 g/mol. The normalized spacial score (nSPS) is 10.4. The van der Waals surface area contributed by atoms with Gasteiger partial charge >= 0.3 is 0 Å². The van der Waals surface area contributed by atoms with E-state index in [0.717, 1.165) is 11.4 Å². The molecular formula is C12H11ClN2O. The molecule has 0 aliphatic rings. The first-order valence-electron chi connectivity index (χ1n) is 4.92.